The lowest BCUT2D eigenvalue weighted by Crippen LogP contribution is -2.25. The lowest BCUT2D eigenvalue weighted by molar-refractivity contribution is -0.118. The van der Waals surface area contributed by atoms with Gasteiger partial charge in [-0.25, -0.2) is 0 Å². The predicted molar refractivity (Wildman–Crippen MR) is 82.9 cm³/mol. The van der Waals surface area contributed by atoms with Gasteiger partial charge in [0.25, 0.3) is 5.91 Å². The zero-order chi connectivity index (χ0) is 15.2. The summed E-state index contributed by atoms with van der Waals surface area (Å²) in [6.07, 6.45) is 4.45. The fourth-order valence-electron chi connectivity index (χ4n) is 2.28. The molecule has 21 heavy (non-hydrogen) atoms. The van der Waals surface area contributed by atoms with E-state index in [1.807, 2.05) is 35.0 Å². The molecular weight excluding hydrogens is 266 g/mol. The molecule has 0 bridgehead atoms. The molecule has 110 valence electrons. The smallest absolute Gasteiger partial charge is 0.253 e. The van der Waals surface area contributed by atoms with Gasteiger partial charge in [0.05, 0.1) is 5.56 Å². The molecule has 2 amide bonds. The van der Waals surface area contributed by atoms with Crippen LogP contribution in [0.25, 0.3) is 10.9 Å². The van der Waals surface area contributed by atoms with E-state index in [1.165, 1.54) is 0 Å². The molecule has 0 aliphatic heterocycles. The number of nitrogens with two attached hydrogens (primary N) is 1. The second-order valence-corrected chi connectivity index (χ2v) is 4.83. The first-order valence-electron chi connectivity index (χ1n) is 6.88. The summed E-state index contributed by atoms with van der Waals surface area (Å²) in [7, 11) is 0. The molecule has 3 N–H and O–H groups in total. The van der Waals surface area contributed by atoms with Gasteiger partial charge < -0.3 is 15.6 Å². The third kappa shape index (κ3) is 3.51. The normalized spacial score (nSPS) is 10.5. The summed E-state index contributed by atoms with van der Waals surface area (Å²) in [5.41, 5.74) is 6.70. The molecule has 5 heteroatoms. The van der Waals surface area contributed by atoms with Crippen LogP contribution in [-0.4, -0.2) is 22.9 Å². The number of hydrogen-bond acceptors (Lipinski definition) is 2. The van der Waals surface area contributed by atoms with Crippen molar-refractivity contribution in [1.82, 2.24) is 9.88 Å². The van der Waals surface area contributed by atoms with Gasteiger partial charge in [0.2, 0.25) is 5.91 Å². The molecule has 5 nitrogen and oxygen atoms in total. The number of carbonyl (C=O) groups excluding carboxylic acids is 2. The largest absolute Gasteiger partial charge is 0.370 e. The van der Waals surface area contributed by atoms with E-state index >= 15 is 0 Å². The minimum atomic E-state index is -0.355. The number of para-hydroxylation sites is 1. The number of primary amides is 1. The van der Waals surface area contributed by atoms with Crippen molar-refractivity contribution >= 4 is 22.7 Å². The van der Waals surface area contributed by atoms with E-state index in [2.05, 4.69) is 11.9 Å². The molecule has 1 heterocycles. The minimum absolute atomic E-state index is 0.140. The molecule has 1 aromatic carbocycles. The van der Waals surface area contributed by atoms with Crippen molar-refractivity contribution in [2.75, 3.05) is 6.54 Å². The SMILES string of the molecule is C=CCn1cc(C(=O)NCCCC(N)=O)c2ccccc21. The Labute approximate surface area is 123 Å². The van der Waals surface area contributed by atoms with Crippen LogP contribution in [0.2, 0.25) is 0 Å². The van der Waals surface area contributed by atoms with Gasteiger partial charge in [-0.05, 0) is 12.5 Å². The molecule has 2 rings (SSSR count). The van der Waals surface area contributed by atoms with Gasteiger partial charge in [-0.2, -0.15) is 0 Å². The van der Waals surface area contributed by atoms with Crippen LogP contribution in [0.3, 0.4) is 0 Å². The highest BCUT2D eigenvalue weighted by Crippen LogP contribution is 2.21. The van der Waals surface area contributed by atoms with Gasteiger partial charge in [0.1, 0.15) is 0 Å². The van der Waals surface area contributed by atoms with Crippen molar-refractivity contribution in [2.24, 2.45) is 5.73 Å². The van der Waals surface area contributed by atoms with Crippen LogP contribution >= 0.6 is 0 Å². The first-order valence-corrected chi connectivity index (χ1v) is 6.88. The third-order valence-electron chi connectivity index (χ3n) is 3.24. The molecule has 0 unspecified atom stereocenters. The summed E-state index contributed by atoms with van der Waals surface area (Å²) in [6, 6.07) is 7.75. The van der Waals surface area contributed by atoms with E-state index in [9.17, 15) is 9.59 Å². The number of rotatable bonds is 7. The molecule has 0 saturated carbocycles. The van der Waals surface area contributed by atoms with E-state index in [1.54, 1.807) is 6.08 Å². The Bertz CT molecular complexity index is 673. The molecule has 0 spiro atoms. The maximum Gasteiger partial charge on any atom is 0.253 e. The van der Waals surface area contributed by atoms with Gasteiger partial charge in [0.15, 0.2) is 0 Å². The summed E-state index contributed by atoms with van der Waals surface area (Å²) < 4.78 is 1.99. The van der Waals surface area contributed by atoms with Gasteiger partial charge >= 0.3 is 0 Å². The van der Waals surface area contributed by atoms with E-state index in [-0.39, 0.29) is 18.2 Å². The number of benzene rings is 1. The van der Waals surface area contributed by atoms with Crippen molar-refractivity contribution in [3.05, 3.63) is 48.7 Å². The fourth-order valence-corrected chi connectivity index (χ4v) is 2.28. The van der Waals surface area contributed by atoms with E-state index < -0.39 is 0 Å². The Morgan fingerprint density at radius 3 is 2.81 bits per heavy atom. The minimum Gasteiger partial charge on any atom is -0.370 e. The van der Waals surface area contributed by atoms with Gasteiger partial charge in [-0.1, -0.05) is 24.3 Å². The average Bonchev–Trinajstić information content (AvgIpc) is 2.83. The number of hydrogen-bond donors (Lipinski definition) is 2. The monoisotopic (exact) mass is 285 g/mol. The Hall–Kier alpha value is -2.56. The van der Waals surface area contributed by atoms with E-state index in [0.29, 0.717) is 25.1 Å². The topological polar surface area (TPSA) is 77.1 Å². The maximum absolute atomic E-state index is 12.3. The molecular formula is C16H19N3O2. The van der Waals surface area contributed by atoms with Crippen LogP contribution in [0, 0.1) is 0 Å². The second kappa shape index (κ2) is 6.74. The van der Waals surface area contributed by atoms with Crippen LogP contribution in [0.1, 0.15) is 23.2 Å². The maximum atomic E-state index is 12.3. The van der Waals surface area contributed by atoms with E-state index in [0.717, 1.165) is 10.9 Å². The lowest BCUT2D eigenvalue weighted by atomic mass is 10.1. The molecule has 1 aromatic heterocycles. The Balaban J connectivity index is 2.15. The molecule has 0 atom stereocenters. The molecule has 0 radical (unpaired) electrons. The molecule has 0 aliphatic rings. The zero-order valence-corrected chi connectivity index (χ0v) is 11.8. The Morgan fingerprint density at radius 2 is 2.10 bits per heavy atom. The number of fused-ring (bicyclic) bond motifs is 1. The van der Waals surface area contributed by atoms with Crippen molar-refractivity contribution in [3.63, 3.8) is 0 Å². The van der Waals surface area contributed by atoms with Crippen molar-refractivity contribution in [3.8, 4) is 0 Å². The number of aromatic nitrogens is 1. The highest BCUT2D eigenvalue weighted by atomic mass is 16.2. The summed E-state index contributed by atoms with van der Waals surface area (Å²) >= 11 is 0. The third-order valence-corrected chi connectivity index (χ3v) is 3.24. The van der Waals surface area contributed by atoms with Crippen molar-refractivity contribution in [1.29, 1.82) is 0 Å². The summed E-state index contributed by atoms with van der Waals surface area (Å²) in [5, 5.41) is 3.73. The summed E-state index contributed by atoms with van der Waals surface area (Å²) in [6.45, 7) is 4.81. The van der Waals surface area contributed by atoms with E-state index in [4.69, 9.17) is 5.73 Å². The van der Waals surface area contributed by atoms with Crippen LogP contribution in [0.4, 0.5) is 0 Å². The molecule has 0 aliphatic carbocycles. The standard InChI is InChI=1S/C16H19N3O2/c1-2-10-19-11-13(12-6-3-4-7-14(12)19)16(21)18-9-5-8-15(17)20/h2-4,6-7,11H,1,5,8-10H2,(H2,17,20)(H,18,21). The van der Waals surface area contributed by atoms with Crippen LogP contribution in [-0.2, 0) is 11.3 Å². The van der Waals surface area contributed by atoms with Crippen LogP contribution < -0.4 is 11.1 Å². The fraction of sp³-hybridized carbons (Fsp3) is 0.250. The van der Waals surface area contributed by atoms with Gasteiger partial charge in [-0.15, -0.1) is 6.58 Å². The molecule has 0 fully saturated rings. The van der Waals surface area contributed by atoms with Crippen molar-refractivity contribution < 1.29 is 9.59 Å². The first kappa shape index (κ1) is 14.8. The first-order chi connectivity index (χ1) is 10.1. The quantitative estimate of drug-likeness (QED) is 0.601. The average molecular weight is 285 g/mol. The molecule has 0 saturated heterocycles. The van der Waals surface area contributed by atoms with Gasteiger partial charge in [-0.3, -0.25) is 9.59 Å². The Morgan fingerprint density at radius 1 is 1.33 bits per heavy atom. The highest BCUT2D eigenvalue weighted by Gasteiger charge is 2.13. The highest BCUT2D eigenvalue weighted by molar-refractivity contribution is 6.07. The number of nitrogens with one attached hydrogen (secondary N) is 1. The lowest BCUT2D eigenvalue weighted by Gasteiger charge is -2.03. The number of allylic oxidation sites excluding steroid dienone is 1. The number of amides is 2. The molecule has 2 aromatic rings. The van der Waals surface area contributed by atoms with Crippen molar-refractivity contribution in [2.45, 2.75) is 19.4 Å². The number of carbonyl (C=O) groups is 2. The Kier molecular flexibility index (Phi) is 4.77. The zero-order valence-electron chi connectivity index (χ0n) is 11.8. The summed E-state index contributed by atoms with van der Waals surface area (Å²) in [5.74, 6) is -0.495. The van der Waals surface area contributed by atoms with Crippen LogP contribution in [0.5, 0.6) is 0 Å². The predicted octanol–water partition coefficient (Wildman–Crippen LogP) is 1.82. The van der Waals surface area contributed by atoms with Crippen LogP contribution in [0.15, 0.2) is 43.1 Å². The summed E-state index contributed by atoms with van der Waals surface area (Å²) in [4.78, 5) is 22.9. The second-order valence-electron chi connectivity index (χ2n) is 4.83. The van der Waals surface area contributed by atoms with Gasteiger partial charge in [0, 0.05) is 36.6 Å². The number of nitrogens with zero attached hydrogens (tertiary/aromatic N) is 1.